The highest BCUT2D eigenvalue weighted by molar-refractivity contribution is 5.90. The topological polar surface area (TPSA) is 50.8 Å². The minimum Gasteiger partial charge on any atom is -0.497 e. The number of rotatable bonds is 5. The Balaban J connectivity index is 2.02. The minimum absolute atomic E-state index is 0.274. The van der Waals surface area contributed by atoms with Gasteiger partial charge in [-0.2, -0.15) is 0 Å². The molecule has 5 nitrogen and oxygen atoms in total. The monoisotopic (exact) mass is 318 g/mol. The van der Waals surface area contributed by atoms with Gasteiger partial charge >= 0.3 is 6.03 Å². The fraction of sp³-hybridized carbons (Fsp3) is 0.235. The molecule has 0 radical (unpaired) electrons. The lowest BCUT2D eigenvalue weighted by atomic mass is 10.2. The van der Waals surface area contributed by atoms with E-state index in [4.69, 9.17) is 9.47 Å². The molecule has 2 rings (SSSR count). The Hall–Kier alpha value is -2.76. The van der Waals surface area contributed by atoms with Crippen LogP contribution in [-0.2, 0) is 6.54 Å². The van der Waals surface area contributed by atoms with E-state index in [1.165, 1.54) is 30.2 Å². The molecule has 6 heteroatoms. The number of anilines is 1. The van der Waals surface area contributed by atoms with Crippen molar-refractivity contribution in [1.82, 2.24) is 4.90 Å². The number of carbonyl (C=O) groups is 1. The molecule has 0 spiro atoms. The second kappa shape index (κ2) is 7.49. The van der Waals surface area contributed by atoms with Crippen molar-refractivity contribution in [3.05, 3.63) is 53.8 Å². The van der Waals surface area contributed by atoms with Crippen molar-refractivity contribution in [1.29, 1.82) is 0 Å². The number of nitrogens with one attached hydrogen (secondary N) is 1. The zero-order chi connectivity index (χ0) is 16.8. The van der Waals surface area contributed by atoms with Crippen LogP contribution in [0.1, 0.15) is 5.56 Å². The first-order valence-electron chi connectivity index (χ1n) is 7.02. The van der Waals surface area contributed by atoms with Crippen LogP contribution in [-0.4, -0.2) is 32.2 Å². The average Bonchev–Trinajstić information content (AvgIpc) is 2.57. The van der Waals surface area contributed by atoms with E-state index < -0.39 is 5.82 Å². The maximum absolute atomic E-state index is 13.2. The molecule has 0 aliphatic heterocycles. The van der Waals surface area contributed by atoms with Gasteiger partial charge in [0.2, 0.25) is 0 Å². The van der Waals surface area contributed by atoms with Crippen molar-refractivity contribution in [2.24, 2.45) is 0 Å². The van der Waals surface area contributed by atoms with Crippen molar-refractivity contribution in [3.63, 3.8) is 0 Å². The predicted molar refractivity (Wildman–Crippen MR) is 86.4 cm³/mol. The molecule has 2 amide bonds. The SMILES string of the molecule is COc1ccc(CN(C)C(=O)Nc2ccc(F)cc2OC)cc1. The van der Waals surface area contributed by atoms with E-state index in [9.17, 15) is 9.18 Å². The number of hydrogen-bond donors (Lipinski definition) is 1. The summed E-state index contributed by atoms with van der Waals surface area (Å²) in [6.45, 7) is 0.430. The molecule has 0 saturated carbocycles. The summed E-state index contributed by atoms with van der Waals surface area (Å²) in [5.74, 6) is 0.611. The Labute approximate surface area is 134 Å². The fourth-order valence-electron chi connectivity index (χ4n) is 2.06. The molecule has 0 saturated heterocycles. The Morgan fingerprint density at radius 1 is 1.13 bits per heavy atom. The molecule has 0 aliphatic rings. The average molecular weight is 318 g/mol. The number of methoxy groups -OCH3 is 2. The second-order valence-electron chi connectivity index (χ2n) is 4.98. The molecule has 1 N–H and O–H groups in total. The highest BCUT2D eigenvalue weighted by Gasteiger charge is 2.13. The van der Waals surface area contributed by atoms with Gasteiger partial charge < -0.3 is 19.7 Å². The Morgan fingerprint density at radius 2 is 1.83 bits per heavy atom. The molecule has 0 fully saturated rings. The van der Waals surface area contributed by atoms with Gasteiger partial charge in [-0.1, -0.05) is 12.1 Å². The summed E-state index contributed by atoms with van der Waals surface area (Å²) >= 11 is 0. The van der Waals surface area contributed by atoms with Crippen LogP contribution < -0.4 is 14.8 Å². The van der Waals surface area contributed by atoms with Crippen molar-refractivity contribution in [3.8, 4) is 11.5 Å². The number of urea groups is 1. The van der Waals surface area contributed by atoms with Crippen LogP contribution in [0.4, 0.5) is 14.9 Å². The van der Waals surface area contributed by atoms with Gasteiger partial charge in [0.25, 0.3) is 0 Å². The third-order valence-corrected chi connectivity index (χ3v) is 3.33. The third kappa shape index (κ3) is 4.35. The summed E-state index contributed by atoms with van der Waals surface area (Å²) < 4.78 is 23.3. The third-order valence-electron chi connectivity index (χ3n) is 3.33. The number of ether oxygens (including phenoxy) is 2. The zero-order valence-electron chi connectivity index (χ0n) is 13.3. The molecular weight excluding hydrogens is 299 g/mol. The Kier molecular flexibility index (Phi) is 5.41. The molecule has 23 heavy (non-hydrogen) atoms. The number of amides is 2. The van der Waals surface area contributed by atoms with Crippen LogP contribution in [0, 0.1) is 5.82 Å². The number of benzene rings is 2. The van der Waals surface area contributed by atoms with E-state index in [1.54, 1.807) is 14.2 Å². The first-order chi connectivity index (χ1) is 11.0. The summed E-state index contributed by atoms with van der Waals surface area (Å²) in [6, 6.07) is 11.1. The molecule has 0 heterocycles. The first-order valence-corrected chi connectivity index (χ1v) is 7.02. The van der Waals surface area contributed by atoms with Crippen molar-refractivity contribution >= 4 is 11.7 Å². The van der Waals surface area contributed by atoms with E-state index >= 15 is 0 Å². The molecule has 2 aromatic rings. The van der Waals surface area contributed by atoms with E-state index in [-0.39, 0.29) is 11.8 Å². The fourth-order valence-corrected chi connectivity index (χ4v) is 2.06. The van der Waals surface area contributed by atoms with Crippen LogP contribution >= 0.6 is 0 Å². The number of nitrogens with zero attached hydrogens (tertiary/aromatic N) is 1. The van der Waals surface area contributed by atoms with Crippen LogP contribution in [0.5, 0.6) is 11.5 Å². The van der Waals surface area contributed by atoms with Crippen LogP contribution in [0.15, 0.2) is 42.5 Å². The maximum atomic E-state index is 13.2. The van der Waals surface area contributed by atoms with Gasteiger partial charge in [0.15, 0.2) is 0 Å². The minimum atomic E-state index is -0.425. The smallest absolute Gasteiger partial charge is 0.321 e. The molecule has 0 atom stereocenters. The van der Waals surface area contributed by atoms with Gasteiger partial charge in [-0.3, -0.25) is 0 Å². The molecule has 0 bridgehead atoms. The van der Waals surface area contributed by atoms with Gasteiger partial charge in [0.1, 0.15) is 17.3 Å². The summed E-state index contributed by atoms with van der Waals surface area (Å²) in [7, 11) is 4.70. The highest BCUT2D eigenvalue weighted by atomic mass is 19.1. The lowest BCUT2D eigenvalue weighted by Gasteiger charge is -2.19. The van der Waals surface area contributed by atoms with Gasteiger partial charge in [-0.05, 0) is 29.8 Å². The lowest BCUT2D eigenvalue weighted by molar-refractivity contribution is 0.220. The van der Waals surface area contributed by atoms with E-state index in [1.807, 2.05) is 24.3 Å². The van der Waals surface area contributed by atoms with Gasteiger partial charge in [-0.25, -0.2) is 9.18 Å². The number of carbonyl (C=O) groups excluding carboxylic acids is 1. The zero-order valence-corrected chi connectivity index (χ0v) is 13.3. The number of halogens is 1. The molecule has 0 aliphatic carbocycles. The van der Waals surface area contributed by atoms with Crippen LogP contribution in [0.3, 0.4) is 0 Å². The van der Waals surface area contributed by atoms with Crippen LogP contribution in [0.2, 0.25) is 0 Å². The molecule has 122 valence electrons. The maximum Gasteiger partial charge on any atom is 0.321 e. The molecular formula is C17H19FN2O3. The normalized spacial score (nSPS) is 10.1. The van der Waals surface area contributed by atoms with Crippen molar-refractivity contribution in [2.45, 2.75) is 6.54 Å². The molecule has 0 unspecified atom stereocenters. The van der Waals surface area contributed by atoms with E-state index in [2.05, 4.69) is 5.32 Å². The van der Waals surface area contributed by atoms with Gasteiger partial charge in [0, 0.05) is 19.7 Å². The first kappa shape index (κ1) is 16.6. The van der Waals surface area contributed by atoms with Crippen molar-refractivity contribution in [2.75, 3.05) is 26.6 Å². The van der Waals surface area contributed by atoms with Crippen LogP contribution in [0.25, 0.3) is 0 Å². The molecule has 2 aromatic carbocycles. The van der Waals surface area contributed by atoms with Gasteiger partial charge in [-0.15, -0.1) is 0 Å². The second-order valence-corrected chi connectivity index (χ2v) is 4.98. The summed E-state index contributed by atoms with van der Waals surface area (Å²) in [5, 5.41) is 2.70. The molecule has 0 aromatic heterocycles. The Bertz CT molecular complexity index is 674. The van der Waals surface area contributed by atoms with Gasteiger partial charge in [0.05, 0.1) is 19.9 Å². The summed E-state index contributed by atoms with van der Waals surface area (Å²) in [4.78, 5) is 13.8. The summed E-state index contributed by atoms with van der Waals surface area (Å²) in [5.41, 5.74) is 1.38. The lowest BCUT2D eigenvalue weighted by Crippen LogP contribution is -2.31. The van der Waals surface area contributed by atoms with E-state index in [0.717, 1.165) is 11.3 Å². The standard InChI is InChI=1S/C17H19FN2O3/c1-20(11-12-4-7-14(22-2)8-5-12)17(21)19-15-9-6-13(18)10-16(15)23-3/h4-10H,11H2,1-3H3,(H,19,21). The predicted octanol–water partition coefficient (Wildman–Crippen LogP) is 3.51. The number of hydrogen-bond acceptors (Lipinski definition) is 3. The largest absolute Gasteiger partial charge is 0.497 e. The quantitative estimate of drug-likeness (QED) is 0.918. The summed E-state index contributed by atoms with van der Waals surface area (Å²) in [6.07, 6.45) is 0. The van der Waals surface area contributed by atoms with Crippen molar-refractivity contribution < 1.29 is 18.7 Å². The van der Waals surface area contributed by atoms with E-state index in [0.29, 0.717) is 12.2 Å². The Morgan fingerprint density at radius 3 is 2.43 bits per heavy atom. The highest BCUT2D eigenvalue weighted by Crippen LogP contribution is 2.25.